The predicted molar refractivity (Wildman–Crippen MR) is 93.0 cm³/mol. The lowest BCUT2D eigenvalue weighted by molar-refractivity contribution is 0.0953. The number of amides is 1. The van der Waals surface area contributed by atoms with Crippen LogP contribution < -0.4 is 11.1 Å². The van der Waals surface area contributed by atoms with Crippen molar-refractivity contribution in [3.63, 3.8) is 0 Å². The molecule has 112 valence electrons. The minimum atomic E-state index is -0.0138. The van der Waals surface area contributed by atoms with E-state index in [0.717, 1.165) is 23.4 Å². The lowest BCUT2D eigenvalue weighted by atomic mass is 10.0. The Morgan fingerprint density at radius 3 is 3.05 bits per heavy atom. The van der Waals surface area contributed by atoms with Crippen LogP contribution in [0.15, 0.2) is 18.2 Å². The third kappa shape index (κ3) is 4.70. The molecule has 1 atom stereocenters. The fraction of sp³-hybridized carbons (Fsp3) is 0.438. The van der Waals surface area contributed by atoms with Gasteiger partial charge in [0.25, 0.3) is 5.91 Å². The van der Waals surface area contributed by atoms with Crippen LogP contribution in [0, 0.1) is 18.8 Å². The first kappa shape index (κ1) is 16.3. The van der Waals surface area contributed by atoms with Crippen molar-refractivity contribution < 1.29 is 4.79 Å². The lowest BCUT2D eigenvalue weighted by Gasteiger charge is -2.21. The van der Waals surface area contributed by atoms with Crippen LogP contribution in [0.2, 0.25) is 0 Å². The maximum Gasteiger partial charge on any atom is 0.251 e. The summed E-state index contributed by atoms with van der Waals surface area (Å²) in [5.74, 6) is 9.34. The third-order valence-corrected chi connectivity index (χ3v) is 6.12. The number of rotatable bonds is 3. The second kappa shape index (κ2) is 8.38. The average Bonchev–Trinajstić information content (AvgIpc) is 2.52. The Balaban J connectivity index is 2.01. The Hall–Kier alpha value is -1.09. The quantitative estimate of drug-likeness (QED) is 0.835. The second-order valence-electron chi connectivity index (χ2n) is 4.76. The van der Waals surface area contributed by atoms with Crippen LogP contribution in [-0.2, 0) is 0 Å². The predicted octanol–water partition coefficient (Wildman–Crippen LogP) is 1.88. The molecule has 1 unspecified atom stereocenters. The summed E-state index contributed by atoms with van der Waals surface area (Å²) in [5.41, 5.74) is 7.89. The molecule has 2 rings (SSSR count). The normalized spacial score (nSPS) is 17.7. The highest BCUT2D eigenvalue weighted by Crippen LogP contribution is 2.23. The van der Waals surface area contributed by atoms with Crippen molar-refractivity contribution in [3.05, 3.63) is 34.9 Å². The van der Waals surface area contributed by atoms with Gasteiger partial charge >= 0.3 is 0 Å². The number of nitrogens with two attached hydrogens (primary N) is 1. The molecular weight excluding hydrogens is 300 g/mol. The van der Waals surface area contributed by atoms with Gasteiger partial charge in [-0.1, -0.05) is 17.9 Å². The molecule has 1 aromatic rings. The molecule has 0 spiro atoms. The zero-order valence-electron chi connectivity index (χ0n) is 12.1. The molecule has 1 heterocycles. The molecule has 1 aliphatic heterocycles. The van der Waals surface area contributed by atoms with Gasteiger partial charge in [0.05, 0.1) is 6.54 Å². The first-order valence-electron chi connectivity index (χ1n) is 6.98. The molecule has 1 amide bonds. The summed E-state index contributed by atoms with van der Waals surface area (Å²) < 4.78 is 0. The summed E-state index contributed by atoms with van der Waals surface area (Å²) in [6.07, 6.45) is 0. The number of hydrogen-bond donors (Lipinski definition) is 2. The Kier molecular flexibility index (Phi) is 6.50. The lowest BCUT2D eigenvalue weighted by Crippen LogP contribution is -2.33. The molecule has 21 heavy (non-hydrogen) atoms. The van der Waals surface area contributed by atoms with Crippen molar-refractivity contribution in [2.45, 2.75) is 12.2 Å². The van der Waals surface area contributed by atoms with Crippen LogP contribution in [0.3, 0.4) is 0 Å². The fourth-order valence-electron chi connectivity index (χ4n) is 2.12. The Bertz CT molecular complexity index is 557. The average molecular weight is 320 g/mol. The zero-order chi connectivity index (χ0) is 15.1. The SMILES string of the molecule is Cc1c(C#CCN)cccc1C(=O)NCC1CSCCS1. The van der Waals surface area contributed by atoms with Crippen LogP contribution in [0.4, 0.5) is 0 Å². The molecule has 1 aliphatic rings. The summed E-state index contributed by atoms with van der Waals surface area (Å²) >= 11 is 3.91. The molecule has 0 bridgehead atoms. The van der Waals surface area contributed by atoms with Gasteiger partial charge in [0.2, 0.25) is 0 Å². The molecule has 1 saturated heterocycles. The molecule has 5 heteroatoms. The van der Waals surface area contributed by atoms with Gasteiger partial charge in [0.1, 0.15) is 0 Å². The first-order chi connectivity index (χ1) is 10.2. The number of carbonyl (C=O) groups excluding carboxylic acids is 1. The highest BCUT2D eigenvalue weighted by atomic mass is 32.2. The van der Waals surface area contributed by atoms with Crippen LogP contribution >= 0.6 is 23.5 Å². The third-order valence-electron chi connectivity index (χ3n) is 3.28. The molecular formula is C16H20N2OS2. The topological polar surface area (TPSA) is 55.1 Å². The van der Waals surface area contributed by atoms with Crippen molar-refractivity contribution in [3.8, 4) is 11.8 Å². The van der Waals surface area contributed by atoms with E-state index in [9.17, 15) is 4.79 Å². The van der Waals surface area contributed by atoms with Crippen LogP contribution in [-0.4, -0.2) is 41.5 Å². The van der Waals surface area contributed by atoms with E-state index in [-0.39, 0.29) is 5.91 Å². The number of hydrogen-bond acceptors (Lipinski definition) is 4. The molecule has 0 radical (unpaired) electrons. The minimum Gasteiger partial charge on any atom is -0.351 e. The van der Waals surface area contributed by atoms with E-state index >= 15 is 0 Å². The van der Waals surface area contributed by atoms with Crippen molar-refractivity contribution in [1.29, 1.82) is 0 Å². The number of carbonyl (C=O) groups is 1. The Morgan fingerprint density at radius 2 is 2.33 bits per heavy atom. The smallest absolute Gasteiger partial charge is 0.251 e. The van der Waals surface area contributed by atoms with E-state index < -0.39 is 0 Å². The largest absolute Gasteiger partial charge is 0.351 e. The van der Waals surface area contributed by atoms with Crippen molar-refractivity contribution >= 4 is 29.4 Å². The van der Waals surface area contributed by atoms with Crippen LogP contribution in [0.25, 0.3) is 0 Å². The van der Waals surface area contributed by atoms with Gasteiger partial charge in [0.15, 0.2) is 0 Å². The monoisotopic (exact) mass is 320 g/mol. The first-order valence-corrected chi connectivity index (χ1v) is 9.19. The zero-order valence-corrected chi connectivity index (χ0v) is 13.8. The van der Waals surface area contributed by atoms with Gasteiger partial charge in [-0.3, -0.25) is 4.79 Å². The standard InChI is InChI=1S/C16H20N2OS2/c1-12-13(5-3-7-17)4-2-6-15(12)16(19)18-10-14-11-20-8-9-21-14/h2,4,6,14H,7-11,17H2,1H3,(H,18,19). The highest BCUT2D eigenvalue weighted by Gasteiger charge is 2.16. The molecule has 0 saturated carbocycles. The summed E-state index contributed by atoms with van der Waals surface area (Å²) in [6, 6.07) is 5.64. The van der Waals surface area contributed by atoms with E-state index in [4.69, 9.17) is 5.73 Å². The van der Waals surface area contributed by atoms with Gasteiger partial charge < -0.3 is 11.1 Å². The molecule has 1 aromatic carbocycles. The van der Waals surface area contributed by atoms with Crippen molar-refractivity contribution in [2.24, 2.45) is 5.73 Å². The summed E-state index contributed by atoms with van der Waals surface area (Å²) in [7, 11) is 0. The van der Waals surface area contributed by atoms with Gasteiger partial charge in [-0.05, 0) is 24.6 Å². The molecule has 3 N–H and O–H groups in total. The van der Waals surface area contributed by atoms with E-state index in [1.807, 2.05) is 48.6 Å². The minimum absolute atomic E-state index is 0.0138. The van der Waals surface area contributed by atoms with Gasteiger partial charge in [0, 0.05) is 40.2 Å². The van der Waals surface area contributed by atoms with Crippen LogP contribution in [0.1, 0.15) is 21.5 Å². The highest BCUT2D eigenvalue weighted by molar-refractivity contribution is 8.06. The van der Waals surface area contributed by atoms with Crippen molar-refractivity contribution in [2.75, 3.05) is 30.3 Å². The van der Waals surface area contributed by atoms with E-state index in [0.29, 0.717) is 17.4 Å². The van der Waals surface area contributed by atoms with Gasteiger partial charge in [-0.2, -0.15) is 23.5 Å². The fourth-order valence-corrected chi connectivity index (χ4v) is 4.73. The van der Waals surface area contributed by atoms with Crippen LogP contribution in [0.5, 0.6) is 0 Å². The van der Waals surface area contributed by atoms with Gasteiger partial charge in [-0.15, -0.1) is 0 Å². The summed E-state index contributed by atoms with van der Waals surface area (Å²) in [5, 5.41) is 3.57. The summed E-state index contributed by atoms with van der Waals surface area (Å²) in [6.45, 7) is 2.99. The van der Waals surface area contributed by atoms with E-state index in [1.165, 1.54) is 11.5 Å². The molecule has 0 aromatic heterocycles. The van der Waals surface area contributed by atoms with E-state index in [2.05, 4.69) is 17.2 Å². The maximum atomic E-state index is 12.3. The molecule has 1 fully saturated rings. The number of thioether (sulfide) groups is 2. The van der Waals surface area contributed by atoms with E-state index in [1.54, 1.807) is 0 Å². The second-order valence-corrected chi connectivity index (χ2v) is 7.32. The molecule has 0 aliphatic carbocycles. The summed E-state index contributed by atoms with van der Waals surface area (Å²) in [4.78, 5) is 12.3. The maximum absolute atomic E-state index is 12.3. The Morgan fingerprint density at radius 1 is 1.48 bits per heavy atom. The Labute approximate surface area is 134 Å². The molecule has 3 nitrogen and oxygen atoms in total. The number of nitrogens with one attached hydrogen (secondary N) is 1. The van der Waals surface area contributed by atoms with Crippen molar-refractivity contribution in [1.82, 2.24) is 5.32 Å². The van der Waals surface area contributed by atoms with Gasteiger partial charge in [-0.25, -0.2) is 0 Å². The number of benzene rings is 1.